The second kappa shape index (κ2) is 7.93. The zero-order valence-corrected chi connectivity index (χ0v) is 18.2. The number of halogens is 1. The molecule has 4 rings (SSSR count). The molecule has 0 aromatic heterocycles. The number of hydrogen-bond acceptors (Lipinski definition) is 4. The minimum Gasteiger partial charge on any atom is -0.496 e. The molecule has 6 nitrogen and oxygen atoms in total. The summed E-state index contributed by atoms with van der Waals surface area (Å²) in [5, 5.41) is 3.61. The topological polar surface area (TPSA) is 61.9 Å². The van der Waals surface area contributed by atoms with Gasteiger partial charge in [0.1, 0.15) is 5.75 Å². The van der Waals surface area contributed by atoms with Crippen molar-refractivity contribution in [1.29, 1.82) is 0 Å². The molecule has 2 atom stereocenters. The van der Waals surface area contributed by atoms with Gasteiger partial charge in [0, 0.05) is 54.9 Å². The Morgan fingerprint density at radius 2 is 2.03 bits per heavy atom. The Labute approximate surface area is 181 Å². The molecule has 30 heavy (non-hydrogen) atoms. The Hall–Kier alpha value is -2.57. The average molecular weight is 428 g/mol. The normalized spacial score (nSPS) is 23.2. The highest BCUT2D eigenvalue weighted by molar-refractivity contribution is 6.31. The summed E-state index contributed by atoms with van der Waals surface area (Å²) in [5.74, 6) is 0.533. The first kappa shape index (κ1) is 20.7. The first-order valence-corrected chi connectivity index (χ1v) is 10.5. The average Bonchev–Trinajstić information content (AvgIpc) is 3.29. The zero-order chi connectivity index (χ0) is 21.5. The number of carbonyl (C=O) groups excluding carboxylic acids is 2. The van der Waals surface area contributed by atoms with E-state index in [4.69, 9.17) is 16.3 Å². The van der Waals surface area contributed by atoms with Crippen LogP contribution in [0.5, 0.6) is 5.75 Å². The number of carbonyl (C=O) groups is 2. The molecule has 2 aromatic rings. The van der Waals surface area contributed by atoms with Crippen LogP contribution in [0.1, 0.15) is 30.4 Å². The van der Waals surface area contributed by atoms with Gasteiger partial charge in [0.25, 0.3) is 5.91 Å². The lowest BCUT2D eigenvalue weighted by molar-refractivity contribution is -0.132. The summed E-state index contributed by atoms with van der Waals surface area (Å²) < 4.78 is 5.68. The van der Waals surface area contributed by atoms with Crippen LogP contribution in [-0.2, 0) is 15.1 Å². The van der Waals surface area contributed by atoms with E-state index in [1.807, 2.05) is 36.4 Å². The first-order valence-electron chi connectivity index (χ1n) is 10.1. The molecule has 7 heteroatoms. The molecule has 1 saturated heterocycles. The second-order valence-electron chi connectivity index (χ2n) is 8.04. The monoisotopic (exact) mass is 427 g/mol. The van der Waals surface area contributed by atoms with Crippen LogP contribution < -0.4 is 10.1 Å². The van der Waals surface area contributed by atoms with E-state index in [2.05, 4.69) is 10.2 Å². The lowest BCUT2D eigenvalue weighted by Crippen LogP contribution is -2.54. The number of nitrogens with one attached hydrogen (secondary N) is 1. The smallest absolute Gasteiger partial charge is 0.254 e. The van der Waals surface area contributed by atoms with Crippen molar-refractivity contribution in [3.63, 3.8) is 0 Å². The van der Waals surface area contributed by atoms with Crippen LogP contribution in [0.2, 0.25) is 5.02 Å². The fourth-order valence-electron chi connectivity index (χ4n) is 4.78. The lowest BCUT2D eigenvalue weighted by atomic mass is 9.80. The Balaban J connectivity index is 1.94. The van der Waals surface area contributed by atoms with Crippen LogP contribution in [0.4, 0.5) is 5.69 Å². The number of nitrogens with zero attached hydrogens (tertiary/aromatic N) is 2. The van der Waals surface area contributed by atoms with Crippen molar-refractivity contribution in [2.45, 2.75) is 30.8 Å². The number of benzene rings is 2. The van der Waals surface area contributed by atoms with Crippen LogP contribution in [0.15, 0.2) is 42.5 Å². The number of amides is 2. The standard InChI is InChI=1S/C23H26ClN3O3/c1-26(2)21(28)14-16-7-6-12-27(16)23(17-8-4-5-9-20(17)30-3)18-13-15(24)10-11-19(18)25-22(23)29/h4-5,8-11,13,16H,6-7,12,14H2,1-3H3,(H,25,29)/t16-,23?/m0/s1. The molecule has 0 radical (unpaired) electrons. The summed E-state index contributed by atoms with van der Waals surface area (Å²) in [6.45, 7) is 0.697. The first-order chi connectivity index (χ1) is 14.4. The number of fused-ring (bicyclic) bond motifs is 1. The van der Waals surface area contributed by atoms with Gasteiger partial charge in [-0.15, -0.1) is 0 Å². The summed E-state index contributed by atoms with van der Waals surface area (Å²) >= 11 is 6.38. The number of likely N-dealkylation sites (tertiary alicyclic amines) is 1. The number of rotatable bonds is 5. The predicted molar refractivity (Wildman–Crippen MR) is 117 cm³/mol. The van der Waals surface area contributed by atoms with E-state index in [0.717, 1.165) is 29.7 Å². The highest BCUT2D eigenvalue weighted by Gasteiger charge is 2.57. The number of hydrogen-bond donors (Lipinski definition) is 1. The SMILES string of the molecule is COc1ccccc1C1(N2CCC[C@H]2CC(=O)N(C)C)C(=O)Nc2ccc(Cl)cc21. The van der Waals surface area contributed by atoms with E-state index < -0.39 is 5.54 Å². The third-order valence-electron chi connectivity index (χ3n) is 6.16. The molecule has 2 aliphatic rings. The minimum absolute atomic E-state index is 0.0480. The molecule has 1 N–H and O–H groups in total. The third-order valence-corrected chi connectivity index (χ3v) is 6.40. The molecule has 0 aliphatic carbocycles. The molecule has 0 spiro atoms. The van der Waals surface area contributed by atoms with Gasteiger partial charge < -0.3 is 15.0 Å². The quantitative estimate of drug-likeness (QED) is 0.793. The van der Waals surface area contributed by atoms with Crippen LogP contribution >= 0.6 is 11.6 Å². The van der Waals surface area contributed by atoms with Crippen molar-refractivity contribution in [3.8, 4) is 5.75 Å². The number of ether oxygens (including phenoxy) is 1. The molecule has 2 aliphatic heterocycles. The summed E-state index contributed by atoms with van der Waals surface area (Å²) in [5.41, 5.74) is 1.18. The third kappa shape index (κ3) is 3.15. The summed E-state index contributed by atoms with van der Waals surface area (Å²) in [6, 6.07) is 13.0. The van der Waals surface area contributed by atoms with Gasteiger partial charge in [0.05, 0.1) is 7.11 Å². The molecular formula is C23H26ClN3O3. The fraction of sp³-hybridized carbons (Fsp3) is 0.391. The van der Waals surface area contributed by atoms with Crippen molar-refractivity contribution in [3.05, 3.63) is 58.6 Å². The van der Waals surface area contributed by atoms with Crippen molar-refractivity contribution < 1.29 is 14.3 Å². The van der Waals surface area contributed by atoms with E-state index in [9.17, 15) is 9.59 Å². The van der Waals surface area contributed by atoms with E-state index in [1.165, 1.54) is 0 Å². The Bertz CT molecular complexity index is 993. The van der Waals surface area contributed by atoms with Crippen LogP contribution in [0.3, 0.4) is 0 Å². The molecule has 1 unspecified atom stereocenters. The molecule has 1 fully saturated rings. The van der Waals surface area contributed by atoms with Gasteiger partial charge >= 0.3 is 0 Å². The van der Waals surface area contributed by atoms with E-state index in [-0.39, 0.29) is 17.9 Å². The van der Waals surface area contributed by atoms with Crippen molar-refractivity contribution in [1.82, 2.24) is 9.80 Å². The Morgan fingerprint density at radius 3 is 2.77 bits per heavy atom. The van der Waals surface area contributed by atoms with E-state index >= 15 is 0 Å². The van der Waals surface area contributed by atoms with Gasteiger partial charge in [0.15, 0.2) is 5.54 Å². The van der Waals surface area contributed by atoms with E-state index in [0.29, 0.717) is 23.7 Å². The molecule has 0 saturated carbocycles. The fourth-order valence-corrected chi connectivity index (χ4v) is 4.96. The zero-order valence-electron chi connectivity index (χ0n) is 17.4. The summed E-state index contributed by atoms with van der Waals surface area (Å²) in [7, 11) is 5.12. The van der Waals surface area contributed by atoms with Crippen molar-refractivity contribution in [2.75, 3.05) is 33.1 Å². The van der Waals surface area contributed by atoms with Crippen LogP contribution in [0.25, 0.3) is 0 Å². The van der Waals surface area contributed by atoms with Gasteiger partial charge in [-0.1, -0.05) is 29.8 Å². The minimum atomic E-state index is -1.11. The van der Waals surface area contributed by atoms with Gasteiger partial charge in [-0.25, -0.2) is 0 Å². The maximum atomic E-state index is 13.7. The molecule has 2 aromatic carbocycles. The largest absolute Gasteiger partial charge is 0.496 e. The van der Waals surface area contributed by atoms with E-state index in [1.54, 1.807) is 32.2 Å². The molecule has 2 heterocycles. The summed E-state index contributed by atoms with van der Waals surface area (Å²) in [6.07, 6.45) is 2.11. The van der Waals surface area contributed by atoms with Gasteiger partial charge in [0.2, 0.25) is 5.91 Å². The maximum absolute atomic E-state index is 13.7. The predicted octanol–water partition coefficient (Wildman–Crippen LogP) is 3.49. The number of para-hydroxylation sites is 1. The van der Waals surface area contributed by atoms with Crippen molar-refractivity contribution in [2.24, 2.45) is 0 Å². The second-order valence-corrected chi connectivity index (χ2v) is 8.47. The Morgan fingerprint density at radius 1 is 1.27 bits per heavy atom. The van der Waals surface area contributed by atoms with Gasteiger partial charge in [-0.3, -0.25) is 14.5 Å². The lowest BCUT2D eigenvalue weighted by Gasteiger charge is -2.42. The van der Waals surface area contributed by atoms with Crippen LogP contribution in [-0.4, -0.2) is 55.4 Å². The van der Waals surface area contributed by atoms with Gasteiger partial charge in [-0.05, 0) is 37.1 Å². The number of anilines is 1. The number of methoxy groups -OCH3 is 1. The summed E-state index contributed by atoms with van der Waals surface area (Å²) in [4.78, 5) is 30.1. The molecule has 158 valence electrons. The maximum Gasteiger partial charge on any atom is 0.254 e. The van der Waals surface area contributed by atoms with Crippen LogP contribution in [0, 0.1) is 0 Å². The Kier molecular flexibility index (Phi) is 5.47. The molecule has 0 bridgehead atoms. The molecule has 2 amide bonds. The highest BCUT2D eigenvalue weighted by Crippen LogP contribution is 2.51. The van der Waals surface area contributed by atoms with Gasteiger partial charge in [-0.2, -0.15) is 0 Å². The highest BCUT2D eigenvalue weighted by atomic mass is 35.5. The molecular weight excluding hydrogens is 402 g/mol. The van der Waals surface area contributed by atoms with Crippen molar-refractivity contribution >= 4 is 29.1 Å².